The third-order valence-corrected chi connectivity index (χ3v) is 2.62. The number of nitrogens with zero attached hydrogens (tertiary/aromatic N) is 1. The molecule has 0 radical (unpaired) electrons. The van der Waals surface area contributed by atoms with Crippen LogP contribution in [-0.2, 0) is 4.74 Å². The van der Waals surface area contributed by atoms with Crippen LogP contribution in [0.2, 0.25) is 0 Å². The zero-order valence-electron chi connectivity index (χ0n) is 9.16. The average molecular weight is 209 g/mol. The molecule has 1 fully saturated rings. The Hall–Kier alpha value is -1.09. The van der Waals surface area contributed by atoms with Crippen LogP contribution in [0.3, 0.4) is 0 Å². The Balaban J connectivity index is 2.21. The average Bonchev–Trinajstić information content (AvgIpc) is 2.17. The fourth-order valence-electron chi connectivity index (χ4n) is 1.93. The number of halogens is 1. The van der Waals surface area contributed by atoms with Gasteiger partial charge in [0, 0.05) is 13.1 Å². The minimum atomic E-state index is -0.194. The maximum atomic E-state index is 13.5. The second-order valence-corrected chi connectivity index (χ2v) is 4.48. The summed E-state index contributed by atoms with van der Waals surface area (Å²) in [4.78, 5) is 2.04. The van der Waals surface area contributed by atoms with Crippen molar-refractivity contribution in [3.63, 3.8) is 0 Å². The van der Waals surface area contributed by atoms with Gasteiger partial charge in [-0.15, -0.1) is 0 Å². The maximum absolute atomic E-state index is 13.5. The third kappa shape index (κ3) is 2.29. The van der Waals surface area contributed by atoms with Crippen LogP contribution >= 0.6 is 0 Å². The predicted octanol–water partition coefficient (Wildman–Crippen LogP) is 2.44. The first-order valence-electron chi connectivity index (χ1n) is 5.22. The molecule has 1 heterocycles. The fraction of sp³-hybridized carbons (Fsp3) is 0.500. The van der Waals surface area contributed by atoms with Crippen LogP contribution in [0.5, 0.6) is 0 Å². The molecule has 0 atom stereocenters. The molecule has 2 nitrogen and oxygen atoms in total. The van der Waals surface area contributed by atoms with Crippen molar-refractivity contribution in [3.05, 3.63) is 30.1 Å². The largest absolute Gasteiger partial charge is 0.372 e. The third-order valence-electron chi connectivity index (χ3n) is 2.62. The summed E-state index contributed by atoms with van der Waals surface area (Å²) >= 11 is 0. The van der Waals surface area contributed by atoms with Crippen molar-refractivity contribution in [3.8, 4) is 0 Å². The minimum absolute atomic E-state index is 0.157. The Morgan fingerprint density at radius 3 is 2.73 bits per heavy atom. The summed E-state index contributed by atoms with van der Waals surface area (Å²) in [6.07, 6.45) is 0. The van der Waals surface area contributed by atoms with Gasteiger partial charge in [-0.1, -0.05) is 12.1 Å². The van der Waals surface area contributed by atoms with Crippen LogP contribution < -0.4 is 4.90 Å². The zero-order valence-corrected chi connectivity index (χ0v) is 9.16. The fourth-order valence-corrected chi connectivity index (χ4v) is 1.93. The topological polar surface area (TPSA) is 12.5 Å². The molecule has 0 bridgehead atoms. The number of rotatable bonds is 1. The molecule has 2 rings (SSSR count). The van der Waals surface area contributed by atoms with E-state index in [0.29, 0.717) is 12.3 Å². The Morgan fingerprint density at radius 1 is 1.33 bits per heavy atom. The van der Waals surface area contributed by atoms with E-state index in [1.807, 2.05) is 30.9 Å². The van der Waals surface area contributed by atoms with Crippen molar-refractivity contribution < 1.29 is 9.13 Å². The van der Waals surface area contributed by atoms with E-state index in [1.54, 1.807) is 6.07 Å². The van der Waals surface area contributed by atoms with Gasteiger partial charge >= 0.3 is 0 Å². The molecule has 1 aliphatic heterocycles. The number of hydrogen-bond acceptors (Lipinski definition) is 2. The summed E-state index contributed by atoms with van der Waals surface area (Å²) in [6, 6.07) is 6.89. The summed E-state index contributed by atoms with van der Waals surface area (Å²) in [5.74, 6) is -0.157. The molecule has 1 aliphatic rings. The second-order valence-electron chi connectivity index (χ2n) is 4.48. The van der Waals surface area contributed by atoms with E-state index in [0.717, 1.165) is 13.1 Å². The van der Waals surface area contributed by atoms with Gasteiger partial charge in [-0.2, -0.15) is 0 Å². The number of hydrogen-bond donors (Lipinski definition) is 0. The SMILES string of the molecule is CC1(C)CN(c2ccccc2F)CCO1. The molecule has 0 saturated carbocycles. The van der Waals surface area contributed by atoms with E-state index in [9.17, 15) is 4.39 Å². The van der Waals surface area contributed by atoms with Crippen LogP contribution in [0, 0.1) is 5.82 Å². The Bertz CT molecular complexity index is 351. The first kappa shape index (κ1) is 10.4. The first-order chi connectivity index (χ1) is 7.08. The highest BCUT2D eigenvalue weighted by atomic mass is 19.1. The molecule has 1 aromatic rings. The van der Waals surface area contributed by atoms with Gasteiger partial charge in [0.15, 0.2) is 0 Å². The van der Waals surface area contributed by atoms with E-state index in [1.165, 1.54) is 6.07 Å². The predicted molar refractivity (Wildman–Crippen MR) is 58.6 cm³/mol. The van der Waals surface area contributed by atoms with Gasteiger partial charge in [-0.05, 0) is 26.0 Å². The van der Waals surface area contributed by atoms with Crippen molar-refractivity contribution in [2.75, 3.05) is 24.6 Å². The molecule has 1 aromatic carbocycles. The van der Waals surface area contributed by atoms with Crippen molar-refractivity contribution in [1.29, 1.82) is 0 Å². The van der Waals surface area contributed by atoms with E-state index in [2.05, 4.69) is 0 Å². The van der Waals surface area contributed by atoms with E-state index < -0.39 is 0 Å². The molecular formula is C12H16FNO. The van der Waals surface area contributed by atoms with Crippen LogP contribution in [0.15, 0.2) is 24.3 Å². The van der Waals surface area contributed by atoms with Crippen LogP contribution in [0.4, 0.5) is 10.1 Å². The van der Waals surface area contributed by atoms with Gasteiger partial charge in [0.25, 0.3) is 0 Å². The van der Waals surface area contributed by atoms with Crippen molar-refractivity contribution in [2.45, 2.75) is 19.4 Å². The summed E-state index contributed by atoms with van der Waals surface area (Å²) < 4.78 is 19.1. The highest BCUT2D eigenvalue weighted by Gasteiger charge is 2.28. The normalized spacial score (nSPS) is 20.3. The zero-order chi connectivity index (χ0) is 10.9. The second kappa shape index (κ2) is 3.81. The summed E-state index contributed by atoms with van der Waals surface area (Å²) in [7, 11) is 0. The number of benzene rings is 1. The van der Waals surface area contributed by atoms with Gasteiger partial charge in [0.1, 0.15) is 5.82 Å². The number of ether oxygens (including phenoxy) is 1. The molecule has 0 unspecified atom stereocenters. The molecule has 0 N–H and O–H groups in total. The summed E-state index contributed by atoms with van der Waals surface area (Å²) in [5, 5.41) is 0. The van der Waals surface area contributed by atoms with E-state index >= 15 is 0 Å². The smallest absolute Gasteiger partial charge is 0.146 e. The van der Waals surface area contributed by atoms with Crippen molar-refractivity contribution >= 4 is 5.69 Å². The lowest BCUT2D eigenvalue weighted by atomic mass is 10.1. The van der Waals surface area contributed by atoms with Crippen molar-refractivity contribution in [2.24, 2.45) is 0 Å². The molecule has 0 spiro atoms. The van der Waals surface area contributed by atoms with E-state index in [4.69, 9.17) is 4.74 Å². The first-order valence-corrected chi connectivity index (χ1v) is 5.22. The van der Waals surface area contributed by atoms with Gasteiger partial charge in [0.05, 0.1) is 17.9 Å². The van der Waals surface area contributed by atoms with Gasteiger partial charge in [-0.25, -0.2) is 4.39 Å². The molecule has 3 heteroatoms. The molecule has 82 valence electrons. The molecule has 15 heavy (non-hydrogen) atoms. The summed E-state index contributed by atoms with van der Waals surface area (Å²) in [5.41, 5.74) is 0.481. The van der Waals surface area contributed by atoms with Crippen LogP contribution in [0.25, 0.3) is 0 Å². The Morgan fingerprint density at radius 2 is 2.07 bits per heavy atom. The summed E-state index contributed by atoms with van der Waals surface area (Å²) in [6.45, 7) is 6.19. The van der Waals surface area contributed by atoms with Gasteiger partial charge in [-0.3, -0.25) is 0 Å². The van der Waals surface area contributed by atoms with Crippen LogP contribution in [0.1, 0.15) is 13.8 Å². The highest BCUT2D eigenvalue weighted by Crippen LogP contribution is 2.24. The quantitative estimate of drug-likeness (QED) is 0.704. The molecule has 1 saturated heterocycles. The Labute approximate surface area is 89.7 Å². The van der Waals surface area contributed by atoms with Gasteiger partial charge < -0.3 is 9.64 Å². The van der Waals surface area contributed by atoms with E-state index in [-0.39, 0.29) is 11.4 Å². The molecular weight excluding hydrogens is 193 g/mol. The lowest BCUT2D eigenvalue weighted by Gasteiger charge is -2.39. The maximum Gasteiger partial charge on any atom is 0.146 e. The molecule has 0 aromatic heterocycles. The number of morpholine rings is 1. The number of anilines is 1. The minimum Gasteiger partial charge on any atom is -0.372 e. The number of para-hydroxylation sites is 1. The monoisotopic (exact) mass is 209 g/mol. The highest BCUT2D eigenvalue weighted by molar-refractivity contribution is 5.48. The molecule has 0 aliphatic carbocycles. The Kier molecular flexibility index (Phi) is 2.65. The van der Waals surface area contributed by atoms with Crippen molar-refractivity contribution in [1.82, 2.24) is 0 Å². The molecule has 0 amide bonds. The van der Waals surface area contributed by atoms with Crippen LogP contribution in [-0.4, -0.2) is 25.3 Å². The lowest BCUT2D eigenvalue weighted by Crippen LogP contribution is -2.48. The standard InChI is InChI=1S/C12H16FNO/c1-12(2)9-14(7-8-15-12)11-6-4-3-5-10(11)13/h3-6H,7-9H2,1-2H3. The van der Waals surface area contributed by atoms with Gasteiger partial charge in [0.2, 0.25) is 0 Å². The lowest BCUT2D eigenvalue weighted by molar-refractivity contribution is -0.0278.